The van der Waals surface area contributed by atoms with Crippen molar-refractivity contribution in [1.82, 2.24) is 9.78 Å². The maximum Gasteiger partial charge on any atom is 0.327 e. The second-order valence-electron chi connectivity index (χ2n) is 4.05. The molecule has 21 heavy (non-hydrogen) atoms. The van der Waals surface area contributed by atoms with E-state index in [0.29, 0.717) is 10.2 Å². The van der Waals surface area contributed by atoms with E-state index in [1.165, 1.54) is 36.3 Å². The number of benzene rings is 1. The summed E-state index contributed by atoms with van der Waals surface area (Å²) in [6.45, 7) is -0.0736. The third-order valence-electron chi connectivity index (χ3n) is 2.60. The molecule has 0 aliphatic rings. The lowest BCUT2D eigenvalue weighted by Gasteiger charge is -2.05. The van der Waals surface area contributed by atoms with Gasteiger partial charge in [0, 0.05) is 10.7 Å². The lowest BCUT2D eigenvalue weighted by Crippen LogP contribution is -2.14. The molecular formula is C13H11BrFN3O3. The Morgan fingerprint density at radius 2 is 2.24 bits per heavy atom. The molecule has 0 unspecified atom stereocenters. The van der Waals surface area contributed by atoms with Gasteiger partial charge in [0.05, 0.1) is 24.6 Å². The van der Waals surface area contributed by atoms with Crippen molar-refractivity contribution in [3.63, 3.8) is 0 Å². The van der Waals surface area contributed by atoms with Crippen molar-refractivity contribution in [2.24, 2.45) is 0 Å². The van der Waals surface area contributed by atoms with E-state index >= 15 is 0 Å². The number of nitrogens with one attached hydrogen (secondary N) is 1. The Kier molecular flexibility index (Phi) is 4.69. The molecule has 0 saturated carbocycles. The summed E-state index contributed by atoms with van der Waals surface area (Å²) in [5, 5.41) is 6.40. The summed E-state index contributed by atoms with van der Waals surface area (Å²) in [7, 11) is 1.27. The molecule has 1 heterocycles. The molecule has 110 valence electrons. The number of aromatic nitrogens is 2. The molecule has 0 atom stereocenters. The zero-order valence-corrected chi connectivity index (χ0v) is 12.6. The Bertz CT molecular complexity index is 667. The predicted molar refractivity (Wildman–Crippen MR) is 76.3 cm³/mol. The van der Waals surface area contributed by atoms with E-state index < -0.39 is 17.7 Å². The average Bonchev–Trinajstić information content (AvgIpc) is 2.85. The van der Waals surface area contributed by atoms with E-state index in [2.05, 4.69) is 31.1 Å². The van der Waals surface area contributed by atoms with Crippen LogP contribution in [0.3, 0.4) is 0 Å². The molecule has 2 rings (SSSR count). The Morgan fingerprint density at radius 1 is 1.48 bits per heavy atom. The van der Waals surface area contributed by atoms with Gasteiger partial charge in [0.15, 0.2) is 0 Å². The molecule has 1 amide bonds. The van der Waals surface area contributed by atoms with E-state index in [4.69, 9.17) is 0 Å². The molecule has 0 radical (unpaired) electrons. The molecular weight excluding hydrogens is 345 g/mol. The van der Waals surface area contributed by atoms with Crippen molar-refractivity contribution in [2.75, 3.05) is 12.4 Å². The molecule has 0 spiro atoms. The van der Waals surface area contributed by atoms with E-state index in [1.54, 1.807) is 6.07 Å². The van der Waals surface area contributed by atoms with Gasteiger partial charge in [-0.3, -0.25) is 14.3 Å². The van der Waals surface area contributed by atoms with Crippen LogP contribution in [0, 0.1) is 5.82 Å². The standard InChI is InChI=1S/C13H11BrFN3O3/c1-21-11(19)7-18-6-8(5-16-18)17-13(20)12-9(14)3-2-4-10(12)15/h2-6H,7H2,1H3,(H,17,20). The number of hydrogen-bond acceptors (Lipinski definition) is 4. The molecule has 0 aliphatic carbocycles. The number of nitrogens with zero attached hydrogens (tertiary/aromatic N) is 2. The molecule has 1 aromatic heterocycles. The summed E-state index contributed by atoms with van der Waals surface area (Å²) in [4.78, 5) is 23.1. The average molecular weight is 356 g/mol. The van der Waals surface area contributed by atoms with Gasteiger partial charge in [-0.2, -0.15) is 5.10 Å². The number of halogens is 2. The number of esters is 1. The van der Waals surface area contributed by atoms with Crippen molar-refractivity contribution in [3.05, 3.63) is 46.4 Å². The molecule has 0 aliphatic heterocycles. The monoisotopic (exact) mass is 355 g/mol. The Hall–Kier alpha value is -2.22. The van der Waals surface area contributed by atoms with Crippen molar-refractivity contribution in [3.8, 4) is 0 Å². The summed E-state index contributed by atoms with van der Waals surface area (Å²) >= 11 is 3.13. The number of anilines is 1. The topological polar surface area (TPSA) is 73.2 Å². The highest BCUT2D eigenvalue weighted by molar-refractivity contribution is 9.10. The van der Waals surface area contributed by atoms with Crippen LogP contribution in [0.1, 0.15) is 10.4 Å². The third-order valence-corrected chi connectivity index (χ3v) is 3.26. The smallest absolute Gasteiger partial charge is 0.327 e. The van der Waals surface area contributed by atoms with Crippen molar-refractivity contribution >= 4 is 33.5 Å². The van der Waals surface area contributed by atoms with Crippen LogP contribution < -0.4 is 5.32 Å². The van der Waals surface area contributed by atoms with Crippen LogP contribution in [0.5, 0.6) is 0 Å². The lowest BCUT2D eigenvalue weighted by atomic mass is 10.2. The lowest BCUT2D eigenvalue weighted by molar-refractivity contribution is -0.141. The first-order chi connectivity index (χ1) is 10.0. The molecule has 0 fully saturated rings. The fourth-order valence-corrected chi connectivity index (χ4v) is 2.14. The van der Waals surface area contributed by atoms with Crippen LogP contribution in [0.2, 0.25) is 0 Å². The van der Waals surface area contributed by atoms with Crippen molar-refractivity contribution < 1.29 is 18.7 Å². The van der Waals surface area contributed by atoms with Crippen LogP contribution in [-0.4, -0.2) is 28.8 Å². The first-order valence-electron chi connectivity index (χ1n) is 5.86. The fraction of sp³-hybridized carbons (Fsp3) is 0.154. The van der Waals surface area contributed by atoms with E-state index in [9.17, 15) is 14.0 Å². The van der Waals surface area contributed by atoms with Crippen LogP contribution in [0.25, 0.3) is 0 Å². The molecule has 8 heteroatoms. The Morgan fingerprint density at radius 3 is 2.90 bits per heavy atom. The SMILES string of the molecule is COC(=O)Cn1cc(NC(=O)c2c(F)cccc2Br)cn1. The minimum Gasteiger partial charge on any atom is -0.468 e. The van der Waals surface area contributed by atoms with Gasteiger partial charge >= 0.3 is 5.97 Å². The van der Waals surface area contributed by atoms with E-state index in [0.717, 1.165) is 0 Å². The number of rotatable bonds is 4. The predicted octanol–water partition coefficient (Wildman–Crippen LogP) is 2.21. The summed E-state index contributed by atoms with van der Waals surface area (Å²) in [6.07, 6.45) is 2.80. The molecule has 0 saturated heterocycles. The molecule has 6 nitrogen and oxygen atoms in total. The van der Waals surface area contributed by atoms with Gasteiger partial charge in [0.1, 0.15) is 12.4 Å². The Balaban J connectivity index is 2.12. The highest BCUT2D eigenvalue weighted by atomic mass is 79.9. The molecule has 2 aromatic rings. The first kappa shape index (κ1) is 15.2. The van der Waals surface area contributed by atoms with Crippen LogP contribution >= 0.6 is 15.9 Å². The molecule has 1 N–H and O–H groups in total. The third kappa shape index (κ3) is 3.66. The number of carbonyl (C=O) groups excluding carboxylic acids is 2. The van der Waals surface area contributed by atoms with E-state index in [-0.39, 0.29) is 12.1 Å². The van der Waals surface area contributed by atoms with Gasteiger partial charge in [-0.15, -0.1) is 0 Å². The fourth-order valence-electron chi connectivity index (χ4n) is 1.62. The van der Waals surface area contributed by atoms with Crippen LogP contribution in [-0.2, 0) is 16.1 Å². The van der Waals surface area contributed by atoms with Gasteiger partial charge in [-0.25, -0.2) is 4.39 Å². The van der Waals surface area contributed by atoms with Gasteiger partial charge in [0.25, 0.3) is 5.91 Å². The van der Waals surface area contributed by atoms with Gasteiger partial charge in [-0.1, -0.05) is 6.07 Å². The minimum absolute atomic E-state index is 0.0736. The quantitative estimate of drug-likeness (QED) is 0.853. The van der Waals surface area contributed by atoms with Crippen molar-refractivity contribution in [2.45, 2.75) is 6.54 Å². The zero-order valence-electron chi connectivity index (χ0n) is 11.0. The zero-order chi connectivity index (χ0) is 15.4. The van der Waals surface area contributed by atoms with Gasteiger partial charge in [-0.05, 0) is 28.1 Å². The highest BCUT2D eigenvalue weighted by Gasteiger charge is 2.16. The second kappa shape index (κ2) is 6.49. The number of ether oxygens (including phenoxy) is 1. The van der Waals surface area contributed by atoms with Gasteiger partial charge in [0.2, 0.25) is 0 Å². The highest BCUT2D eigenvalue weighted by Crippen LogP contribution is 2.21. The summed E-state index contributed by atoms with van der Waals surface area (Å²) in [6, 6.07) is 4.25. The number of hydrogen-bond donors (Lipinski definition) is 1. The van der Waals surface area contributed by atoms with Crippen LogP contribution in [0.15, 0.2) is 35.1 Å². The summed E-state index contributed by atoms with van der Waals surface area (Å²) < 4.78 is 19.8. The van der Waals surface area contributed by atoms with Crippen LogP contribution in [0.4, 0.5) is 10.1 Å². The maximum atomic E-state index is 13.7. The molecule has 0 bridgehead atoms. The van der Waals surface area contributed by atoms with Gasteiger partial charge < -0.3 is 10.1 Å². The minimum atomic E-state index is -0.635. The largest absolute Gasteiger partial charge is 0.468 e. The normalized spacial score (nSPS) is 10.2. The summed E-state index contributed by atoms with van der Waals surface area (Å²) in [5.74, 6) is -1.71. The first-order valence-corrected chi connectivity index (χ1v) is 6.65. The molecule has 1 aromatic carbocycles. The van der Waals surface area contributed by atoms with E-state index in [1.807, 2.05) is 0 Å². The summed E-state index contributed by atoms with van der Waals surface area (Å²) in [5.41, 5.74) is 0.247. The maximum absolute atomic E-state index is 13.7. The number of amides is 1. The Labute approximate surface area is 128 Å². The second-order valence-corrected chi connectivity index (χ2v) is 4.91. The van der Waals surface area contributed by atoms with Crippen molar-refractivity contribution in [1.29, 1.82) is 0 Å². The number of methoxy groups -OCH3 is 1. The number of carbonyl (C=O) groups is 2.